The quantitative estimate of drug-likeness (QED) is 0.635. The number of hydrogen-bond donors (Lipinski definition) is 2. The summed E-state index contributed by atoms with van der Waals surface area (Å²) < 4.78 is 5.19. The molecule has 1 heterocycles. The third kappa shape index (κ3) is 5.68. The smallest absolute Gasteiger partial charge is 0.225 e. The maximum atomic E-state index is 13.0. The number of likely N-dealkylation sites (N-methyl/N-ethyl adjacent to an activating group) is 1. The molecule has 2 amide bonds. The molecule has 1 aliphatic carbocycles. The lowest BCUT2D eigenvalue weighted by Gasteiger charge is -2.19. The van der Waals surface area contributed by atoms with E-state index < -0.39 is 0 Å². The van der Waals surface area contributed by atoms with Crippen molar-refractivity contribution in [1.29, 1.82) is 0 Å². The van der Waals surface area contributed by atoms with E-state index in [0.29, 0.717) is 13.1 Å². The monoisotopic (exact) mass is 435 g/mol. The highest BCUT2D eigenvalue weighted by atomic mass is 16.5. The Morgan fingerprint density at radius 2 is 1.62 bits per heavy atom. The van der Waals surface area contributed by atoms with Gasteiger partial charge in [-0.1, -0.05) is 36.4 Å². The van der Waals surface area contributed by atoms with Gasteiger partial charge in [-0.25, -0.2) is 0 Å². The van der Waals surface area contributed by atoms with Crippen LogP contribution in [-0.4, -0.2) is 50.5 Å². The molecule has 0 bridgehead atoms. The van der Waals surface area contributed by atoms with E-state index in [4.69, 9.17) is 4.74 Å². The Labute approximate surface area is 190 Å². The van der Waals surface area contributed by atoms with Crippen LogP contribution in [-0.2, 0) is 22.6 Å². The topological polar surface area (TPSA) is 70.7 Å². The highest BCUT2D eigenvalue weighted by molar-refractivity contribution is 5.81. The van der Waals surface area contributed by atoms with Crippen molar-refractivity contribution < 1.29 is 14.3 Å². The van der Waals surface area contributed by atoms with Crippen molar-refractivity contribution in [3.8, 4) is 5.75 Å². The average Bonchev–Trinajstić information content (AvgIpc) is 3.59. The summed E-state index contributed by atoms with van der Waals surface area (Å²) in [4.78, 5) is 27.0. The number of rotatable bonds is 9. The lowest BCUT2D eigenvalue weighted by Crippen LogP contribution is -2.35. The first-order valence-electron chi connectivity index (χ1n) is 11.5. The lowest BCUT2D eigenvalue weighted by atomic mass is 9.88. The molecule has 0 aromatic heterocycles. The van der Waals surface area contributed by atoms with Gasteiger partial charge in [0.15, 0.2) is 0 Å². The van der Waals surface area contributed by atoms with Gasteiger partial charge in [-0.2, -0.15) is 0 Å². The minimum Gasteiger partial charge on any atom is -0.497 e. The average molecular weight is 436 g/mol. The van der Waals surface area contributed by atoms with Crippen molar-refractivity contribution in [3.05, 3.63) is 65.2 Å². The molecular weight excluding hydrogens is 402 g/mol. The van der Waals surface area contributed by atoms with Crippen molar-refractivity contribution in [2.45, 2.75) is 31.7 Å². The minimum absolute atomic E-state index is 0.0590. The highest BCUT2D eigenvalue weighted by Gasteiger charge is 2.36. The second-order valence-corrected chi connectivity index (χ2v) is 9.06. The van der Waals surface area contributed by atoms with Gasteiger partial charge in [0.2, 0.25) is 11.8 Å². The first kappa shape index (κ1) is 22.3. The fraction of sp³-hybridized carbons (Fsp3) is 0.462. The summed E-state index contributed by atoms with van der Waals surface area (Å²) in [6, 6.07) is 16.3. The van der Waals surface area contributed by atoms with Crippen molar-refractivity contribution in [1.82, 2.24) is 15.5 Å². The van der Waals surface area contributed by atoms with Gasteiger partial charge in [0.1, 0.15) is 5.75 Å². The van der Waals surface area contributed by atoms with E-state index in [2.05, 4.69) is 46.8 Å². The molecule has 2 aliphatic rings. The van der Waals surface area contributed by atoms with Gasteiger partial charge in [0.05, 0.1) is 13.0 Å². The Hall–Kier alpha value is -2.86. The number of carbonyl (C=O) groups excluding carboxylic acids is 2. The maximum Gasteiger partial charge on any atom is 0.225 e. The van der Waals surface area contributed by atoms with Gasteiger partial charge < -0.3 is 20.3 Å². The third-order valence-electron chi connectivity index (χ3n) is 6.53. The van der Waals surface area contributed by atoms with Crippen LogP contribution in [0.5, 0.6) is 5.75 Å². The van der Waals surface area contributed by atoms with Crippen LogP contribution in [0.3, 0.4) is 0 Å². The highest BCUT2D eigenvalue weighted by Crippen LogP contribution is 2.32. The summed E-state index contributed by atoms with van der Waals surface area (Å²) in [5.41, 5.74) is 3.45. The molecule has 6 heteroatoms. The molecule has 1 saturated heterocycles. The van der Waals surface area contributed by atoms with Gasteiger partial charge in [-0.05, 0) is 55.1 Å². The zero-order chi connectivity index (χ0) is 22.5. The molecule has 2 N–H and O–H groups in total. The molecule has 2 atom stereocenters. The van der Waals surface area contributed by atoms with E-state index in [0.717, 1.165) is 43.7 Å². The summed E-state index contributed by atoms with van der Waals surface area (Å²) in [5, 5.41) is 6.15. The Balaban J connectivity index is 1.30. The van der Waals surface area contributed by atoms with Crippen molar-refractivity contribution in [2.75, 3.05) is 33.8 Å². The summed E-state index contributed by atoms with van der Waals surface area (Å²) >= 11 is 0. The van der Waals surface area contributed by atoms with E-state index >= 15 is 0 Å². The van der Waals surface area contributed by atoms with Gasteiger partial charge >= 0.3 is 0 Å². The number of nitrogens with zero attached hydrogens (tertiary/aromatic N) is 1. The van der Waals surface area contributed by atoms with Crippen LogP contribution in [0.25, 0.3) is 0 Å². The first-order valence-corrected chi connectivity index (χ1v) is 11.5. The number of carbonyl (C=O) groups is 2. The summed E-state index contributed by atoms with van der Waals surface area (Å²) in [6.07, 6.45) is 2.83. The van der Waals surface area contributed by atoms with Crippen LogP contribution in [0.4, 0.5) is 0 Å². The predicted octanol–water partition coefficient (Wildman–Crippen LogP) is 2.73. The van der Waals surface area contributed by atoms with E-state index in [9.17, 15) is 9.59 Å². The molecule has 2 aromatic carbocycles. The van der Waals surface area contributed by atoms with Gasteiger partial charge in [-0.3, -0.25) is 9.59 Å². The molecule has 2 fully saturated rings. The molecule has 32 heavy (non-hydrogen) atoms. The SMILES string of the molecule is COc1ccc(CCNC(=O)[C@H]2CN(C)C[C@@H]2c2ccc(CNC(=O)C3CC3)cc2)cc1. The van der Waals surface area contributed by atoms with Crippen molar-refractivity contribution in [3.63, 3.8) is 0 Å². The Morgan fingerprint density at radius 3 is 2.28 bits per heavy atom. The number of likely N-dealkylation sites (tertiary alicyclic amines) is 1. The Bertz CT molecular complexity index is 922. The number of nitrogens with one attached hydrogen (secondary N) is 2. The first-order chi connectivity index (χ1) is 15.5. The second kappa shape index (κ2) is 10.2. The van der Waals surface area contributed by atoms with Crippen LogP contribution < -0.4 is 15.4 Å². The van der Waals surface area contributed by atoms with Crippen LogP contribution in [0.15, 0.2) is 48.5 Å². The molecule has 0 unspecified atom stereocenters. The van der Waals surface area contributed by atoms with Gasteiger partial charge in [0.25, 0.3) is 0 Å². The number of hydrogen-bond acceptors (Lipinski definition) is 4. The van der Waals surface area contributed by atoms with E-state index in [-0.39, 0.29) is 29.6 Å². The van der Waals surface area contributed by atoms with Crippen LogP contribution in [0.2, 0.25) is 0 Å². The van der Waals surface area contributed by atoms with Crippen molar-refractivity contribution >= 4 is 11.8 Å². The van der Waals surface area contributed by atoms with Crippen molar-refractivity contribution in [2.24, 2.45) is 11.8 Å². The molecule has 4 rings (SSSR count). The largest absolute Gasteiger partial charge is 0.497 e. The van der Waals surface area contributed by atoms with Gasteiger partial charge in [-0.15, -0.1) is 0 Å². The summed E-state index contributed by atoms with van der Waals surface area (Å²) in [7, 11) is 3.73. The molecule has 2 aromatic rings. The fourth-order valence-corrected chi connectivity index (χ4v) is 4.42. The normalized spacial score (nSPS) is 20.7. The standard InChI is InChI=1S/C26H33N3O3/c1-29-16-23(20-7-3-19(4-8-20)15-28-25(30)21-9-10-21)24(17-29)26(31)27-14-13-18-5-11-22(32-2)12-6-18/h3-8,11-12,21,23-24H,9-10,13-17H2,1-2H3,(H,27,31)(H,28,30)/t23-,24+/m1/s1. The zero-order valence-electron chi connectivity index (χ0n) is 19.0. The number of benzene rings is 2. The third-order valence-corrected chi connectivity index (χ3v) is 6.53. The maximum absolute atomic E-state index is 13.0. The Morgan fingerprint density at radius 1 is 0.938 bits per heavy atom. The molecule has 0 spiro atoms. The minimum atomic E-state index is -0.0590. The molecule has 6 nitrogen and oxygen atoms in total. The van der Waals surface area contributed by atoms with Crippen LogP contribution in [0, 0.1) is 11.8 Å². The van der Waals surface area contributed by atoms with E-state index in [1.54, 1.807) is 7.11 Å². The second-order valence-electron chi connectivity index (χ2n) is 9.06. The number of amides is 2. The molecule has 170 valence electrons. The summed E-state index contributed by atoms with van der Waals surface area (Å²) in [6.45, 7) is 2.82. The van der Waals surface area contributed by atoms with Crippen LogP contribution in [0.1, 0.15) is 35.4 Å². The number of ether oxygens (including phenoxy) is 1. The lowest BCUT2D eigenvalue weighted by molar-refractivity contribution is -0.125. The molecule has 1 saturated carbocycles. The van der Waals surface area contributed by atoms with E-state index in [1.165, 1.54) is 11.1 Å². The van der Waals surface area contributed by atoms with Crippen LogP contribution >= 0.6 is 0 Å². The molecule has 1 aliphatic heterocycles. The zero-order valence-corrected chi connectivity index (χ0v) is 19.0. The van der Waals surface area contributed by atoms with Gasteiger partial charge in [0, 0.05) is 38.0 Å². The molecular formula is C26H33N3O3. The van der Waals surface area contributed by atoms with E-state index in [1.807, 2.05) is 24.3 Å². The molecule has 0 radical (unpaired) electrons. The fourth-order valence-electron chi connectivity index (χ4n) is 4.42. The summed E-state index contributed by atoms with van der Waals surface area (Å²) in [5.74, 6) is 1.47. The predicted molar refractivity (Wildman–Crippen MR) is 124 cm³/mol. The number of methoxy groups -OCH3 is 1. The Kier molecular flexibility index (Phi) is 7.10.